The summed E-state index contributed by atoms with van der Waals surface area (Å²) in [7, 11) is -5.38. The highest BCUT2D eigenvalue weighted by molar-refractivity contribution is 9.10. The van der Waals surface area contributed by atoms with Crippen molar-refractivity contribution < 1.29 is 26.4 Å². The predicted molar refractivity (Wildman–Crippen MR) is 101 cm³/mol. The number of aromatic nitrogens is 1. The van der Waals surface area contributed by atoms with Crippen molar-refractivity contribution in [2.45, 2.75) is 30.8 Å². The van der Waals surface area contributed by atoms with Gasteiger partial charge in [0.05, 0.1) is 11.1 Å². The highest BCUT2D eigenvalue weighted by Gasteiger charge is 2.45. The Morgan fingerprint density at radius 2 is 2.07 bits per heavy atom. The Balaban J connectivity index is 1.75. The molecule has 3 rings (SSSR count). The van der Waals surface area contributed by atoms with Crippen LogP contribution in [-0.4, -0.2) is 48.8 Å². The number of nitrogens with one attached hydrogen (secondary N) is 1. The summed E-state index contributed by atoms with van der Waals surface area (Å²) in [4.78, 5) is 18.9. The molecule has 1 aliphatic heterocycles. The Labute approximate surface area is 168 Å². The second kappa shape index (κ2) is 7.96. The van der Waals surface area contributed by atoms with Gasteiger partial charge < -0.3 is 4.90 Å². The predicted octanol–water partition coefficient (Wildman–Crippen LogP) is 3.43. The number of fused-ring (bicyclic) bond motifs is 1. The van der Waals surface area contributed by atoms with Crippen molar-refractivity contribution in [2.75, 3.05) is 13.1 Å². The van der Waals surface area contributed by atoms with Gasteiger partial charge >= 0.3 is 15.5 Å². The molecular formula is C17H17BrF3N3O3S. The molecule has 0 radical (unpaired) electrons. The van der Waals surface area contributed by atoms with E-state index in [0.29, 0.717) is 35.9 Å². The first kappa shape index (κ1) is 21.0. The molecule has 6 nitrogen and oxygen atoms in total. The summed E-state index contributed by atoms with van der Waals surface area (Å²) in [5.41, 5.74) is -4.24. The molecule has 0 spiro atoms. The number of benzene rings is 1. The van der Waals surface area contributed by atoms with E-state index < -0.39 is 15.5 Å². The minimum absolute atomic E-state index is 0.105. The minimum Gasteiger partial charge on any atom is -0.336 e. The van der Waals surface area contributed by atoms with Crippen LogP contribution in [0, 0.1) is 0 Å². The topological polar surface area (TPSA) is 79.4 Å². The molecule has 2 aromatic rings. The molecule has 28 heavy (non-hydrogen) atoms. The van der Waals surface area contributed by atoms with E-state index in [1.54, 1.807) is 27.8 Å². The van der Waals surface area contributed by atoms with Gasteiger partial charge in [-0.1, -0.05) is 15.9 Å². The number of likely N-dealkylation sites (tertiary alicyclic amines) is 1. The third kappa shape index (κ3) is 4.31. The lowest BCUT2D eigenvalue weighted by Gasteiger charge is -2.25. The van der Waals surface area contributed by atoms with Crippen LogP contribution in [0.2, 0.25) is 0 Å². The van der Waals surface area contributed by atoms with E-state index in [1.807, 2.05) is 6.07 Å². The molecule has 0 bridgehead atoms. The summed E-state index contributed by atoms with van der Waals surface area (Å²) in [6.07, 6.45) is 2.95. The lowest BCUT2D eigenvalue weighted by atomic mass is 10.1. The van der Waals surface area contributed by atoms with Gasteiger partial charge in [0.15, 0.2) is 0 Å². The maximum atomic E-state index is 13.1. The zero-order valence-corrected chi connectivity index (χ0v) is 16.9. The van der Waals surface area contributed by atoms with Gasteiger partial charge in [0.25, 0.3) is 5.91 Å². The second-order valence-electron chi connectivity index (χ2n) is 6.45. The van der Waals surface area contributed by atoms with Gasteiger partial charge in [-0.2, -0.15) is 13.2 Å². The highest BCUT2D eigenvalue weighted by atomic mass is 79.9. The number of hydrogen-bond acceptors (Lipinski definition) is 4. The third-order valence-electron chi connectivity index (χ3n) is 4.65. The van der Waals surface area contributed by atoms with E-state index in [0.717, 1.165) is 4.47 Å². The first-order valence-electron chi connectivity index (χ1n) is 8.51. The molecule has 1 aromatic carbocycles. The van der Waals surface area contributed by atoms with Crippen LogP contribution in [0.25, 0.3) is 10.9 Å². The Kier molecular flexibility index (Phi) is 5.97. The average molecular weight is 480 g/mol. The van der Waals surface area contributed by atoms with Gasteiger partial charge in [-0.05, 0) is 43.5 Å². The first-order valence-corrected chi connectivity index (χ1v) is 10.8. The fourth-order valence-corrected chi connectivity index (χ4v) is 4.22. The van der Waals surface area contributed by atoms with Crippen molar-refractivity contribution in [1.29, 1.82) is 0 Å². The van der Waals surface area contributed by atoms with E-state index in [9.17, 15) is 26.4 Å². The second-order valence-corrected chi connectivity index (χ2v) is 9.12. The molecule has 1 atom stereocenters. The summed E-state index contributed by atoms with van der Waals surface area (Å²) in [6, 6.07) is 6.66. The van der Waals surface area contributed by atoms with Crippen molar-refractivity contribution in [2.24, 2.45) is 0 Å². The first-order chi connectivity index (χ1) is 13.1. The molecule has 11 heteroatoms. The zero-order chi connectivity index (χ0) is 20.5. The molecular weight excluding hydrogens is 463 g/mol. The fraction of sp³-hybridized carbons (Fsp3) is 0.412. The maximum absolute atomic E-state index is 13.1. The van der Waals surface area contributed by atoms with Crippen molar-refractivity contribution in [3.63, 3.8) is 0 Å². The molecule has 1 amide bonds. The Hall–Kier alpha value is -1.72. The monoisotopic (exact) mass is 479 g/mol. The number of carbonyl (C=O) groups excluding carboxylic acids is 1. The van der Waals surface area contributed by atoms with Crippen molar-refractivity contribution in [3.8, 4) is 0 Å². The van der Waals surface area contributed by atoms with Crippen molar-refractivity contribution >= 4 is 42.8 Å². The number of amides is 1. The maximum Gasteiger partial charge on any atom is 0.511 e. The van der Waals surface area contributed by atoms with Gasteiger partial charge in [0.2, 0.25) is 0 Å². The van der Waals surface area contributed by atoms with Gasteiger partial charge in [0, 0.05) is 35.2 Å². The molecule has 1 aromatic heterocycles. The minimum atomic E-state index is -5.38. The summed E-state index contributed by atoms with van der Waals surface area (Å²) >= 11 is 3.37. The number of pyridine rings is 1. The summed E-state index contributed by atoms with van der Waals surface area (Å²) < 4.78 is 61.8. The summed E-state index contributed by atoms with van der Waals surface area (Å²) in [5, 5.41) is 0.672. The van der Waals surface area contributed by atoms with E-state index in [1.165, 1.54) is 6.20 Å². The summed E-state index contributed by atoms with van der Waals surface area (Å²) in [5.74, 6) is -0.244. The van der Waals surface area contributed by atoms with Crippen LogP contribution in [0.5, 0.6) is 0 Å². The molecule has 1 unspecified atom stereocenters. The number of halogens is 4. The SMILES string of the molecule is O=C(c1ccnc2ccc(Br)cc12)N1CCCC1CCNS(=O)(=O)C(F)(F)F. The largest absolute Gasteiger partial charge is 0.511 e. The van der Waals surface area contributed by atoms with Gasteiger partial charge in [-0.3, -0.25) is 9.78 Å². The van der Waals surface area contributed by atoms with Crippen LogP contribution in [-0.2, 0) is 10.0 Å². The number of nitrogens with zero attached hydrogens (tertiary/aromatic N) is 2. The molecule has 0 saturated carbocycles. The molecule has 1 fully saturated rings. The van der Waals surface area contributed by atoms with Crippen LogP contribution < -0.4 is 4.72 Å². The number of sulfonamides is 1. The van der Waals surface area contributed by atoms with E-state index in [-0.39, 0.29) is 24.9 Å². The fourth-order valence-electron chi connectivity index (χ4n) is 3.30. The molecule has 2 heterocycles. The van der Waals surface area contributed by atoms with Gasteiger partial charge in [-0.15, -0.1) is 0 Å². The van der Waals surface area contributed by atoms with E-state index in [4.69, 9.17) is 0 Å². The third-order valence-corrected chi connectivity index (χ3v) is 6.33. The standard InChI is InChI=1S/C17H17BrF3N3O3S/c18-11-3-4-15-14(10-11)13(6-7-22-15)16(25)24-9-1-2-12(24)5-8-23-28(26,27)17(19,20)21/h3-4,6-7,10,12,23H,1-2,5,8-9H2. The molecule has 152 valence electrons. The van der Waals surface area contributed by atoms with E-state index >= 15 is 0 Å². The van der Waals surface area contributed by atoms with Gasteiger partial charge in [0.1, 0.15) is 0 Å². The quantitative estimate of drug-likeness (QED) is 0.712. The molecule has 1 N–H and O–H groups in total. The number of alkyl halides is 3. The van der Waals surface area contributed by atoms with Crippen LogP contribution in [0.3, 0.4) is 0 Å². The van der Waals surface area contributed by atoms with Crippen LogP contribution in [0.15, 0.2) is 34.9 Å². The number of carbonyl (C=O) groups is 1. The smallest absolute Gasteiger partial charge is 0.336 e. The molecule has 1 aliphatic rings. The van der Waals surface area contributed by atoms with Gasteiger partial charge in [-0.25, -0.2) is 13.1 Å². The lowest BCUT2D eigenvalue weighted by Crippen LogP contribution is -2.41. The lowest BCUT2D eigenvalue weighted by molar-refractivity contribution is -0.0448. The molecule has 1 saturated heterocycles. The summed E-state index contributed by atoms with van der Waals surface area (Å²) in [6.45, 7) is 0.0757. The van der Waals surface area contributed by atoms with Crippen molar-refractivity contribution in [1.82, 2.24) is 14.6 Å². The Bertz CT molecular complexity index is 998. The number of hydrogen-bond donors (Lipinski definition) is 1. The Morgan fingerprint density at radius 3 is 2.79 bits per heavy atom. The van der Waals surface area contributed by atoms with Crippen molar-refractivity contribution in [3.05, 3.63) is 40.5 Å². The van der Waals surface area contributed by atoms with E-state index in [2.05, 4.69) is 20.9 Å². The average Bonchev–Trinajstić information content (AvgIpc) is 3.08. The molecule has 0 aliphatic carbocycles. The van der Waals surface area contributed by atoms with Crippen LogP contribution in [0.4, 0.5) is 13.2 Å². The Morgan fingerprint density at radius 1 is 1.32 bits per heavy atom. The van der Waals surface area contributed by atoms with Crippen LogP contribution in [0.1, 0.15) is 29.6 Å². The normalized spacial score (nSPS) is 18.0. The number of rotatable bonds is 5. The highest BCUT2D eigenvalue weighted by Crippen LogP contribution is 2.27. The zero-order valence-electron chi connectivity index (χ0n) is 14.5. The van der Waals surface area contributed by atoms with Crippen LogP contribution >= 0.6 is 15.9 Å².